The predicted molar refractivity (Wildman–Crippen MR) is 83.3 cm³/mol. The fraction of sp³-hybridized carbons (Fsp3) is 0.833. The summed E-state index contributed by atoms with van der Waals surface area (Å²) in [7, 11) is 0. The number of hydrogen-bond donors (Lipinski definition) is 12. The Kier molecular flexibility index (Phi) is 18.9. The maximum absolute atomic E-state index is 10.1. The van der Waals surface area contributed by atoms with E-state index < -0.39 is 74.0 Å². The Morgan fingerprint density at radius 2 is 0.778 bits per heavy atom. The van der Waals surface area contributed by atoms with Crippen LogP contribution in [-0.2, 0) is 9.59 Å². The van der Waals surface area contributed by atoms with Crippen molar-refractivity contribution in [1.82, 2.24) is 0 Å². The zero-order chi connectivity index (χ0) is 21.2. The Labute approximate surface area is 195 Å². The van der Waals surface area contributed by atoms with Gasteiger partial charge in [-0.1, -0.05) is 0 Å². The number of aliphatic hydroxyl groups is 10. The quantitative estimate of drug-likeness (QED) is 0.143. The fourth-order valence-electron chi connectivity index (χ4n) is 1.34. The summed E-state index contributed by atoms with van der Waals surface area (Å²) in [5, 5.41) is 104. The van der Waals surface area contributed by atoms with Crippen LogP contribution in [0.15, 0.2) is 0 Å². The Morgan fingerprint density at radius 1 is 0.556 bits per heavy atom. The van der Waals surface area contributed by atoms with E-state index >= 15 is 0 Å². The van der Waals surface area contributed by atoms with E-state index in [4.69, 9.17) is 61.3 Å². The molecular formula is C12H24KO14. The molecule has 8 unspecified atom stereocenters. The Bertz CT molecular complexity index is 385. The van der Waals surface area contributed by atoms with Crippen molar-refractivity contribution in [3.8, 4) is 0 Å². The van der Waals surface area contributed by atoms with Crippen LogP contribution in [0.4, 0.5) is 0 Å². The molecule has 157 valence electrons. The van der Waals surface area contributed by atoms with Crippen molar-refractivity contribution < 1.29 is 70.9 Å². The van der Waals surface area contributed by atoms with E-state index in [1.807, 2.05) is 0 Å². The van der Waals surface area contributed by atoms with Gasteiger partial charge in [-0.2, -0.15) is 0 Å². The van der Waals surface area contributed by atoms with Crippen LogP contribution in [0.5, 0.6) is 0 Å². The van der Waals surface area contributed by atoms with Crippen molar-refractivity contribution in [3.63, 3.8) is 0 Å². The molecular weight excluding hydrogens is 407 g/mol. The van der Waals surface area contributed by atoms with E-state index in [1.165, 1.54) is 0 Å². The molecule has 0 rings (SSSR count). The molecule has 0 spiro atoms. The first kappa shape index (κ1) is 31.9. The molecule has 0 aromatic rings. The summed E-state index contributed by atoms with van der Waals surface area (Å²) in [6.45, 7) is -1.69. The van der Waals surface area contributed by atoms with Crippen LogP contribution in [0.1, 0.15) is 0 Å². The third-order valence-electron chi connectivity index (χ3n) is 3.02. The van der Waals surface area contributed by atoms with Gasteiger partial charge in [0.05, 0.1) is 13.2 Å². The molecule has 27 heavy (non-hydrogen) atoms. The first-order valence-corrected chi connectivity index (χ1v) is 6.95. The molecule has 12 N–H and O–H groups in total. The molecule has 0 aromatic carbocycles. The van der Waals surface area contributed by atoms with E-state index in [0.717, 1.165) is 0 Å². The summed E-state index contributed by atoms with van der Waals surface area (Å²) in [6, 6.07) is 0. The summed E-state index contributed by atoms with van der Waals surface area (Å²) in [4.78, 5) is 20.2. The van der Waals surface area contributed by atoms with Crippen LogP contribution in [0.3, 0.4) is 0 Å². The van der Waals surface area contributed by atoms with Gasteiger partial charge in [-0.15, -0.1) is 0 Å². The number of rotatable bonds is 10. The molecule has 1 radical (unpaired) electrons. The number of carboxylic acids is 2. The number of aliphatic hydroxyl groups excluding tert-OH is 10. The van der Waals surface area contributed by atoms with Gasteiger partial charge >= 0.3 is 11.9 Å². The molecule has 0 heterocycles. The van der Waals surface area contributed by atoms with Gasteiger partial charge in [-0.25, -0.2) is 9.59 Å². The molecule has 14 nitrogen and oxygen atoms in total. The average Bonchev–Trinajstić information content (AvgIpc) is 2.62. The van der Waals surface area contributed by atoms with Crippen molar-refractivity contribution in [3.05, 3.63) is 0 Å². The smallest absolute Gasteiger partial charge is 0.335 e. The maximum atomic E-state index is 10.1. The first-order valence-electron chi connectivity index (χ1n) is 6.95. The Morgan fingerprint density at radius 3 is 0.926 bits per heavy atom. The molecule has 0 saturated carbocycles. The van der Waals surface area contributed by atoms with Crippen LogP contribution in [0, 0.1) is 0 Å². The van der Waals surface area contributed by atoms with Crippen LogP contribution in [-0.4, -0.2) is 187 Å². The van der Waals surface area contributed by atoms with Crippen molar-refractivity contribution >= 4 is 63.3 Å². The molecule has 0 aliphatic rings. The fourth-order valence-corrected chi connectivity index (χ4v) is 1.34. The molecule has 0 bridgehead atoms. The van der Waals surface area contributed by atoms with Crippen LogP contribution >= 0.6 is 0 Å². The summed E-state index contributed by atoms with van der Waals surface area (Å²) < 4.78 is 0. The Hall–Kier alpha value is 0.176. The summed E-state index contributed by atoms with van der Waals surface area (Å²) in [5.74, 6) is -3.45. The zero-order valence-corrected chi connectivity index (χ0v) is 17.3. The van der Waals surface area contributed by atoms with Crippen molar-refractivity contribution in [2.75, 3.05) is 13.2 Å². The second kappa shape index (κ2) is 16.0. The van der Waals surface area contributed by atoms with Gasteiger partial charge < -0.3 is 61.3 Å². The number of hydrogen-bond acceptors (Lipinski definition) is 12. The monoisotopic (exact) mass is 431 g/mol. The summed E-state index contributed by atoms with van der Waals surface area (Å²) in [5.41, 5.74) is 0. The van der Waals surface area contributed by atoms with Crippen LogP contribution in [0.2, 0.25) is 0 Å². The molecule has 0 saturated heterocycles. The van der Waals surface area contributed by atoms with Gasteiger partial charge in [0.25, 0.3) is 0 Å². The van der Waals surface area contributed by atoms with E-state index in [0.29, 0.717) is 0 Å². The molecule has 0 aliphatic heterocycles. The third kappa shape index (κ3) is 11.7. The van der Waals surface area contributed by atoms with Gasteiger partial charge in [-0.05, 0) is 0 Å². The SMILES string of the molecule is O=C(O)C(O)C(O)C(O)C(O)CO.O=C(O)C(O)C(O)C(O)C(O)CO.[K]. The van der Waals surface area contributed by atoms with Gasteiger partial charge in [0.1, 0.15) is 36.6 Å². The second-order valence-electron chi connectivity index (χ2n) is 5.03. The largest absolute Gasteiger partial charge is 0.479 e. The van der Waals surface area contributed by atoms with Crippen LogP contribution < -0.4 is 0 Å². The normalized spacial score (nSPS) is 19.6. The van der Waals surface area contributed by atoms with E-state index in [1.54, 1.807) is 0 Å². The van der Waals surface area contributed by atoms with Gasteiger partial charge in [0, 0.05) is 51.4 Å². The molecule has 0 aliphatic carbocycles. The minimum absolute atomic E-state index is 0. The van der Waals surface area contributed by atoms with E-state index in [-0.39, 0.29) is 51.4 Å². The topological polar surface area (TPSA) is 277 Å². The van der Waals surface area contributed by atoms with Crippen molar-refractivity contribution in [1.29, 1.82) is 0 Å². The average molecular weight is 431 g/mol. The molecule has 0 fully saturated rings. The molecule has 0 aromatic heterocycles. The second-order valence-corrected chi connectivity index (χ2v) is 5.03. The molecule has 8 atom stereocenters. The minimum atomic E-state index is -2.20. The maximum Gasteiger partial charge on any atom is 0.335 e. The van der Waals surface area contributed by atoms with Gasteiger partial charge in [-0.3, -0.25) is 0 Å². The molecule has 0 amide bonds. The zero-order valence-electron chi connectivity index (χ0n) is 14.2. The van der Waals surface area contributed by atoms with Gasteiger partial charge in [0.2, 0.25) is 0 Å². The molecule has 15 heteroatoms. The summed E-state index contributed by atoms with van der Waals surface area (Å²) in [6.07, 6.45) is -15.7. The van der Waals surface area contributed by atoms with Crippen LogP contribution in [0.25, 0.3) is 0 Å². The summed E-state index contributed by atoms with van der Waals surface area (Å²) >= 11 is 0. The third-order valence-corrected chi connectivity index (χ3v) is 3.02. The predicted octanol–water partition coefficient (Wildman–Crippen LogP) is -7.37. The number of carbonyl (C=O) groups is 2. The van der Waals surface area contributed by atoms with Gasteiger partial charge in [0.15, 0.2) is 12.2 Å². The van der Waals surface area contributed by atoms with E-state index in [9.17, 15) is 9.59 Å². The number of carboxylic acid groups (broad SMARTS) is 2. The standard InChI is InChI=1S/2C6H12O7.K/c2*7-1-2(8)3(9)4(10)5(11)6(12)13;/h2*2-5,7-11H,1H2,(H,12,13);. The Balaban J connectivity index is -0.000000411. The van der Waals surface area contributed by atoms with Crippen molar-refractivity contribution in [2.45, 2.75) is 48.8 Å². The first-order chi connectivity index (χ1) is 11.8. The van der Waals surface area contributed by atoms with E-state index in [2.05, 4.69) is 0 Å². The van der Waals surface area contributed by atoms with Crippen molar-refractivity contribution in [2.24, 2.45) is 0 Å². The minimum Gasteiger partial charge on any atom is -0.479 e. The number of aliphatic carboxylic acids is 2.